The van der Waals surface area contributed by atoms with Gasteiger partial charge in [-0.15, -0.1) is 0 Å². The lowest BCUT2D eigenvalue weighted by Gasteiger charge is -2.29. The molecule has 0 aliphatic carbocycles. The third-order valence-electron chi connectivity index (χ3n) is 7.24. The van der Waals surface area contributed by atoms with Gasteiger partial charge >= 0.3 is 5.97 Å². The van der Waals surface area contributed by atoms with Crippen molar-refractivity contribution in [2.75, 3.05) is 5.32 Å². The number of primary amides is 1. The van der Waals surface area contributed by atoms with Crippen molar-refractivity contribution in [3.8, 4) is 0 Å². The summed E-state index contributed by atoms with van der Waals surface area (Å²) in [5, 5.41) is 34.6. The van der Waals surface area contributed by atoms with Crippen molar-refractivity contribution in [3.05, 3.63) is 34.4 Å². The first-order valence-corrected chi connectivity index (χ1v) is 15.8. The van der Waals surface area contributed by atoms with Gasteiger partial charge in [-0.05, 0) is 44.2 Å². The van der Waals surface area contributed by atoms with Gasteiger partial charge in [0.2, 0.25) is 41.4 Å². The summed E-state index contributed by atoms with van der Waals surface area (Å²) in [6, 6.07) is -0.891. The fraction of sp³-hybridized carbons (Fsp3) is 0.548. The molecule has 0 fully saturated rings. The molecule has 50 heavy (non-hydrogen) atoms. The van der Waals surface area contributed by atoms with Crippen LogP contribution in [0.1, 0.15) is 67.2 Å². The van der Waals surface area contributed by atoms with Crippen molar-refractivity contribution in [2.45, 2.75) is 97.4 Å². The predicted octanol–water partition coefficient (Wildman–Crippen LogP) is -0.561. The van der Waals surface area contributed by atoms with Gasteiger partial charge < -0.3 is 42.7 Å². The molecule has 0 aromatic heterocycles. The lowest BCUT2D eigenvalue weighted by Crippen LogP contribution is -2.60. The number of carbonyl (C=O) groups is 8. The first-order chi connectivity index (χ1) is 23.2. The largest absolute Gasteiger partial charge is 0.481 e. The Balaban J connectivity index is 2.91. The summed E-state index contributed by atoms with van der Waals surface area (Å²) in [7, 11) is 0. The number of benzene rings is 1. The number of carboxylic acid groups (broad SMARTS) is 1. The molecule has 0 bridgehead atoms. The van der Waals surface area contributed by atoms with Gasteiger partial charge in [0.15, 0.2) is 0 Å². The minimum Gasteiger partial charge on any atom is -0.481 e. The maximum Gasteiger partial charge on any atom is 0.303 e. The van der Waals surface area contributed by atoms with Gasteiger partial charge in [-0.2, -0.15) is 0 Å². The van der Waals surface area contributed by atoms with Crippen LogP contribution < -0.4 is 37.6 Å². The number of nitrogens with two attached hydrogens (primary N) is 1. The minimum absolute atomic E-state index is 0.170. The van der Waals surface area contributed by atoms with Gasteiger partial charge in [0, 0.05) is 30.7 Å². The van der Waals surface area contributed by atoms with E-state index in [0.29, 0.717) is 0 Å². The number of rotatable bonds is 20. The molecule has 1 aromatic rings. The molecule has 19 nitrogen and oxygen atoms in total. The van der Waals surface area contributed by atoms with Crippen molar-refractivity contribution in [1.82, 2.24) is 26.6 Å². The third-order valence-corrected chi connectivity index (χ3v) is 7.24. The van der Waals surface area contributed by atoms with E-state index in [1.54, 1.807) is 27.7 Å². The fourth-order valence-electron chi connectivity index (χ4n) is 4.30. The number of hydrogen-bond donors (Lipinski definition) is 8. The first-order valence-electron chi connectivity index (χ1n) is 15.8. The summed E-state index contributed by atoms with van der Waals surface area (Å²) in [4.78, 5) is 110. The molecule has 0 radical (unpaired) electrons. The molecule has 19 heteroatoms. The molecule has 7 amide bonds. The Morgan fingerprint density at radius 2 is 1.16 bits per heavy atom. The van der Waals surface area contributed by atoms with E-state index < -0.39 is 107 Å². The smallest absolute Gasteiger partial charge is 0.303 e. The van der Waals surface area contributed by atoms with Crippen molar-refractivity contribution < 1.29 is 48.4 Å². The number of nitro groups is 1. The highest BCUT2D eigenvalue weighted by atomic mass is 16.6. The number of aliphatic carboxylic acids is 1. The summed E-state index contributed by atoms with van der Waals surface area (Å²) >= 11 is 0. The fourth-order valence-corrected chi connectivity index (χ4v) is 4.30. The Morgan fingerprint density at radius 1 is 0.680 bits per heavy atom. The van der Waals surface area contributed by atoms with Crippen molar-refractivity contribution >= 4 is 58.7 Å². The third kappa shape index (κ3) is 14.7. The van der Waals surface area contributed by atoms with Gasteiger partial charge in [-0.1, -0.05) is 27.7 Å². The zero-order valence-corrected chi connectivity index (χ0v) is 28.7. The highest BCUT2D eigenvalue weighted by molar-refractivity contribution is 5.99. The predicted molar refractivity (Wildman–Crippen MR) is 178 cm³/mol. The minimum atomic E-state index is -1.32. The number of nitro benzene ring substituents is 1. The maximum atomic E-state index is 13.4. The van der Waals surface area contributed by atoms with Crippen LogP contribution in [0.5, 0.6) is 0 Å². The molecule has 0 saturated heterocycles. The molecule has 9 N–H and O–H groups in total. The Morgan fingerprint density at radius 3 is 1.64 bits per heavy atom. The average molecular weight is 707 g/mol. The number of nitrogens with zero attached hydrogens (tertiary/aromatic N) is 1. The summed E-state index contributed by atoms with van der Waals surface area (Å²) < 4.78 is 0. The second-order valence-electron chi connectivity index (χ2n) is 12.2. The van der Waals surface area contributed by atoms with Crippen molar-refractivity contribution in [1.29, 1.82) is 0 Å². The molecular weight excluding hydrogens is 660 g/mol. The number of nitrogens with one attached hydrogen (secondary N) is 6. The molecule has 0 spiro atoms. The van der Waals surface area contributed by atoms with Crippen LogP contribution in [-0.2, 0) is 38.4 Å². The van der Waals surface area contributed by atoms with Crippen LogP contribution in [0.2, 0.25) is 0 Å². The average Bonchev–Trinajstić information content (AvgIpc) is 3.02. The van der Waals surface area contributed by atoms with Crippen LogP contribution in [0.4, 0.5) is 11.4 Å². The monoisotopic (exact) mass is 706 g/mol. The number of anilines is 1. The van der Waals surface area contributed by atoms with Gasteiger partial charge in [0.05, 0.1) is 11.3 Å². The Bertz CT molecular complexity index is 1430. The zero-order valence-electron chi connectivity index (χ0n) is 28.7. The summed E-state index contributed by atoms with van der Waals surface area (Å²) in [6.07, 6.45) is -1.44. The molecule has 0 unspecified atom stereocenters. The normalized spacial score (nSPS) is 13.8. The number of amides is 7. The quantitative estimate of drug-likeness (QED) is 0.0628. The van der Waals surface area contributed by atoms with Crippen molar-refractivity contribution in [2.24, 2.45) is 17.6 Å². The molecule has 276 valence electrons. The SMILES string of the molecule is CC(C)[C@H](NC(=O)[C@H](CCC(N)=O)NC(=O)CCC(=O)O)C(=O)N[C@@H](C(=O)N[C@@H](C)C(=O)N[C@@H](C)C(=O)Nc1ccc([N+](=O)[O-])cc1)C(C)C. The van der Waals surface area contributed by atoms with E-state index in [2.05, 4.69) is 31.9 Å². The number of carbonyl (C=O) groups excluding carboxylic acids is 7. The highest BCUT2D eigenvalue weighted by Gasteiger charge is 2.33. The van der Waals surface area contributed by atoms with E-state index in [0.717, 1.165) is 0 Å². The van der Waals surface area contributed by atoms with E-state index in [1.165, 1.54) is 38.1 Å². The van der Waals surface area contributed by atoms with Crippen LogP contribution in [0.25, 0.3) is 0 Å². The number of hydrogen-bond acceptors (Lipinski definition) is 10. The zero-order chi connectivity index (χ0) is 38.3. The van der Waals surface area contributed by atoms with Crippen molar-refractivity contribution in [3.63, 3.8) is 0 Å². The summed E-state index contributed by atoms with van der Waals surface area (Å²) in [5.74, 6) is -7.47. The summed E-state index contributed by atoms with van der Waals surface area (Å²) in [5.41, 5.74) is 5.28. The van der Waals surface area contributed by atoms with Crippen LogP contribution in [0.15, 0.2) is 24.3 Å². The molecule has 5 atom stereocenters. The van der Waals surface area contributed by atoms with E-state index >= 15 is 0 Å². The lowest BCUT2D eigenvalue weighted by atomic mass is 9.98. The highest BCUT2D eigenvalue weighted by Crippen LogP contribution is 2.15. The van der Waals surface area contributed by atoms with Crippen LogP contribution >= 0.6 is 0 Å². The second kappa shape index (κ2) is 20.0. The van der Waals surface area contributed by atoms with E-state index in [9.17, 15) is 48.5 Å². The second-order valence-corrected chi connectivity index (χ2v) is 12.2. The molecule has 0 aliphatic rings. The van der Waals surface area contributed by atoms with Gasteiger partial charge in [0.1, 0.15) is 30.2 Å². The van der Waals surface area contributed by atoms with Gasteiger partial charge in [-0.25, -0.2) is 0 Å². The maximum absolute atomic E-state index is 13.4. The standard InChI is InChI=1S/C31H46N8O11/c1-15(2)25(30(47)34-17(5)27(44)33-18(6)28(45)35-19-7-9-20(10-8-19)39(49)50)38-31(48)26(16(3)4)37-29(46)21(11-12-22(32)40)36-23(41)13-14-24(42)43/h7-10,15-18,21,25-26H,11-14H2,1-6H3,(H2,32,40)(H,33,44)(H,34,47)(H,35,45)(H,36,41)(H,37,46)(H,38,48)(H,42,43)/t17-,18-,21-,25+,26-/m0/s1. The van der Waals surface area contributed by atoms with Crippen LogP contribution in [-0.4, -0.2) is 87.6 Å². The lowest BCUT2D eigenvalue weighted by molar-refractivity contribution is -0.384. The molecule has 0 heterocycles. The number of non-ortho nitro benzene ring substituents is 1. The molecule has 0 aliphatic heterocycles. The Hall–Kier alpha value is -5.62. The Kier molecular flexibility index (Phi) is 17.0. The number of carboxylic acids is 1. The van der Waals surface area contributed by atoms with Crippen LogP contribution in [0, 0.1) is 22.0 Å². The first kappa shape index (κ1) is 42.4. The van der Waals surface area contributed by atoms with E-state index in [-0.39, 0.29) is 24.2 Å². The molecular formula is C31H46N8O11. The molecule has 1 aromatic carbocycles. The molecule has 1 rings (SSSR count). The van der Waals surface area contributed by atoms with E-state index in [1.807, 2.05) is 0 Å². The topological polar surface area (TPSA) is 298 Å². The van der Waals surface area contributed by atoms with Gasteiger partial charge in [0.25, 0.3) is 5.69 Å². The molecule has 0 saturated carbocycles. The van der Waals surface area contributed by atoms with Crippen LogP contribution in [0.3, 0.4) is 0 Å². The van der Waals surface area contributed by atoms with E-state index in [4.69, 9.17) is 10.8 Å². The summed E-state index contributed by atoms with van der Waals surface area (Å²) in [6.45, 7) is 9.26. The Labute approximate surface area is 288 Å². The van der Waals surface area contributed by atoms with Gasteiger partial charge in [-0.3, -0.25) is 48.5 Å².